The average Bonchev–Trinajstić information content (AvgIpc) is 2.00. The molecule has 11 heavy (non-hydrogen) atoms. The van der Waals surface area contributed by atoms with Crippen LogP contribution in [0.3, 0.4) is 0 Å². The second-order valence-corrected chi connectivity index (χ2v) is 4.00. The van der Waals surface area contributed by atoms with Crippen molar-refractivity contribution in [2.75, 3.05) is 13.2 Å². The number of hydrogen-bond acceptors (Lipinski definition) is 3. The molecular weight excluding hydrogens is 167 g/mol. The number of hydrogen-bond donors (Lipinski definition) is 1. The van der Waals surface area contributed by atoms with Gasteiger partial charge in [0.15, 0.2) is 0 Å². The predicted octanol–water partition coefficient (Wildman–Crippen LogP) is 1.69. The SMILES string of the molecule is O=P1(O)OCCCCCCO1. The van der Waals surface area contributed by atoms with Crippen molar-refractivity contribution in [1.82, 2.24) is 0 Å². The Morgan fingerprint density at radius 3 is 1.91 bits per heavy atom. The van der Waals surface area contributed by atoms with E-state index >= 15 is 0 Å². The molecule has 1 N–H and O–H groups in total. The van der Waals surface area contributed by atoms with E-state index in [1.165, 1.54) is 0 Å². The van der Waals surface area contributed by atoms with E-state index in [-0.39, 0.29) is 0 Å². The Labute approximate surface area is 66.1 Å². The molecule has 1 aliphatic heterocycles. The quantitative estimate of drug-likeness (QED) is 0.576. The maximum absolute atomic E-state index is 10.9. The lowest BCUT2D eigenvalue weighted by molar-refractivity contribution is 0.154. The number of phosphoric ester groups is 1. The molecule has 1 fully saturated rings. The summed E-state index contributed by atoms with van der Waals surface area (Å²) in [6, 6.07) is 0. The molecule has 0 aromatic rings. The molecule has 0 radical (unpaired) electrons. The van der Waals surface area contributed by atoms with Crippen molar-refractivity contribution in [2.45, 2.75) is 25.7 Å². The van der Waals surface area contributed by atoms with E-state index in [4.69, 9.17) is 4.89 Å². The summed E-state index contributed by atoms with van der Waals surface area (Å²) in [5, 5.41) is 0. The summed E-state index contributed by atoms with van der Waals surface area (Å²) in [4.78, 5) is 8.92. The van der Waals surface area contributed by atoms with E-state index in [0.717, 1.165) is 25.7 Å². The van der Waals surface area contributed by atoms with Gasteiger partial charge in [-0.15, -0.1) is 0 Å². The Balaban J connectivity index is 2.37. The van der Waals surface area contributed by atoms with Crippen LogP contribution < -0.4 is 0 Å². The second-order valence-electron chi connectivity index (χ2n) is 2.55. The van der Waals surface area contributed by atoms with Crippen molar-refractivity contribution < 1.29 is 18.5 Å². The summed E-state index contributed by atoms with van der Waals surface area (Å²) in [5.41, 5.74) is 0. The fourth-order valence-electron chi connectivity index (χ4n) is 0.955. The van der Waals surface area contributed by atoms with E-state index in [1.54, 1.807) is 0 Å². The molecule has 1 rings (SSSR count). The maximum Gasteiger partial charge on any atom is 0.472 e. The van der Waals surface area contributed by atoms with Crippen LogP contribution in [0.4, 0.5) is 0 Å². The van der Waals surface area contributed by atoms with Crippen LogP contribution in [0.5, 0.6) is 0 Å². The first-order chi connectivity index (χ1) is 5.21. The standard InChI is InChI=1S/C6H13O4P/c7-11(8)9-5-3-1-2-4-6-10-11/h1-6H2,(H,7,8). The van der Waals surface area contributed by atoms with Crippen LogP contribution in [0.1, 0.15) is 25.7 Å². The zero-order chi connectivity index (χ0) is 8.16. The fourth-order valence-corrected chi connectivity index (χ4v) is 1.75. The van der Waals surface area contributed by atoms with E-state index in [2.05, 4.69) is 9.05 Å². The molecule has 0 spiro atoms. The number of rotatable bonds is 0. The molecule has 0 unspecified atom stereocenters. The van der Waals surface area contributed by atoms with Gasteiger partial charge in [-0.25, -0.2) is 4.57 Å². The third kappa shape index (κ3) is 3.87. The molecule has 0 saturated carbocycles. The summed E-state index contributed by atoms with van der Waals surface area (Å²) in [6.07, 6.45) is 3.77. The minimum Gasteiger partial charge on any atom is -0.302 e. The topological polar surface area (TPSA) is 55.8 Å². The first kappa shape index (κ1) is 9.20. The maximum atomic E-state index is 10.9. The Morgan fingerprint density at radius 1 is 1.00 bits per heavy atom. The Hall–Kier alpha value is 0.110. The molecule has 1 heterocycles. The summed E-state index contributed by atoms with van der Waals surface area (Å²) >= 11 is 0. The minimum atomic E-state index is -3.69. The summed E-state index contributed by atoms with van der Waals surface area (Å²) in [6.45, 7) is 0.654. The van der Waals surface area contributed by atoms with E-state index < -0.39 is 7.82 Å². The van der Waals surface area contributed by atoms with Crippen LogP contribution in [0.15, 0.2) is 0 Å². The van der Waals surface area contributed by atoms with Gasteiger partial charge in [0.05, 0.1) is 13.2 Å². The van der Waals surface area contributed by atoms with Crippen LogP contribution >= 0.6 is 7.82 Å². The Bertz CT molecular complexity index is 145. The van der Waals surface area contributed by atoms with Gasteiger partial charge in [0.1, 0.15) is 0 Å². The van der Waals surface area contributed by atoms with Crippen molar-refractivity contribution in [3.8, 4) is 0 Å². The van der Waals surface area contributed by atoms with E-state index in [0.29, 0.717) is 13.2 Å². The second kappa shape index (κ2) is 4.21. The van der Waals surface area contributed by atoms with Gasteiger partial charge in [0.25, 0.3) is 0 Å². The highest BCUT2D eigenvalue weighted by Gasteiger charge is 2.20. The molecule has 1 aliphatic rings. The third-order valence-corrected chi connectivity index (χ3v) is 2.57. The molecule has 0 aromatic heterocycles. The van der Waals surface area contributed by atoms with Crippen molar-refractivity contribution in [3.05, 3.63) is 0 Å². The lowest BCUT2D eigenvalue weighted by atomic mass is 10.2. The first-order valence-corrected chi connectivity index (χ1v) is 5.32. The van der Waals surface area contributed by atoms with Gasteiger partial charge in [-0.3, -0.25) is 9.05 Å². The molecule has 0 aliphatic carbocycles. The highest BCUT2D eigenvalue weighted by Crippen LogP contribution is 2.43. The van der Waals surface area contributed by atoms with E-state index in [1.807, 2.05) is 0 Å². The third-order valence-electron chi connectivity index (χ3n) is 1.55. The van der Waals surface area contributed by atoms with Gasteiger partial charge in [-0.05, 0) is 12.8 Å². The van der Waals surface area contributed by atoms with Crippen LogP contribution in [-0.2, 0) is 13.6 Å². The van der Waals surface area contributed by atoms with Crippen molar-refractivity contribution in [1.29, 1.82) is 0 Å². The highest BCUT2D eigenvalue weighted by molar-refractivity contribution is 7.47. The summed E-state index contributed by atoms with van der Waals surface area (Å²) < 4.78 is 20.1. The highest BCUT2D eigenvalue weighted by atomic mass is 31.2. The molecule has 5 heteroatoms. The minimum absolute atomic E-state index is 0.327. The Kier molecular flexibility index (Phi) is 3.52. The molecule has 4 nitrogen and oxygen atoms in total. The molecule has 0 bridgehead atoms. The Morgan fingerprint density at radius 2 is 1.45 bits per heavy atom. The zero-order valence-corrected chi connectivity index (χ0v) is 7.26. The van der Waals surface area contributed by atoms with Gasteiger partial charge in [-0.2, -0.15) is 0 Å². The van der Waals surface area contributed by atoms with Crippen LogP contribution in [0, 0.1) is 0 Å². The normalized spacial score (nSPS) is 26.6. The summed E-state index contributed by atoms with van der Waals surface area (Å²) in [5.74, 6) is 0. The van der Waals surface area contributed by atoms with Gasteiger partial charge in [-0.1, -0.05) is 12.8 Å². The molecule has 0 aromatic carbocycles. The van der Waals surface area contributed by atoms with Crippen LogP contribution in [0.25, 0.3) is 0 Å². The fraction of sp³-hybridized carbons (Fsp3) is 1.00. The predicted molar refractivity (Wildman–Crippen MR) is 40.2 cm³/mol. The average molecular weight is 180 g/mol. The van der Waals surface area contributed by atoms with Gasteiger partial charge in [0.2, 0.25) is 0 Å². The van der Waals surface area contributed by atoms with Crippen molar-refractivity contribution in [2.24, 2.45) is 0 Å². The number of phosphoric acid groups is 1. The van der Waals surface area contributed by atoms with Crippen LogP contribution in [0.2, 0.25) is 0 Å². The largest absolute Gasteiger partial charge is 0.472 e. The lowest BCUT2D eigenvalue weighted by Gasteiger charge is -2.08. The lowest BCUT2D eigenvalue weighted by Crippen LogP contribution is -1.95. The molecule has 0 atom stereocenters. The molecule has 66 valence electrons. The zero-order valence-electron chi connectivity index (χ0n) is 6.36. The van der Waals surface area contributed by atoms with Crippen LogP contribution in [-0.4, -0.2) is 18.1 Å². The first-order valence-electron chi connectivity index (χ1n) is 3.83. The smallest absolute Gasteiger partial charge is 0.302 e. The van der Waals surface area contributed by atoms with Gasteiger partial charge in [0, 0.05) is 0 Å². The molecular formula is C6H13O4P. The van der Waals surface area contributed by atoms with Crippen molar-refractivity contribution >= 4 is 7.82 Å². The van der Waals surface area contributed by atoms with E-state index in [9.17, 15) is 4.57 Å². The monoisotopic (exact) mass is 180 g/mol. The van der Waals surface area contributed by atoms with Crippen molar-refractivity contribution in [3.63, 3.8) is 0 Å². The summed E-state index contributed by atoms with van der Waals surface area (Å²) in [7, 11) is -3.69. The molecule has 0 amide bonds. The van der Waals surface area contributed by atoms with Gasteiger partial charge < -0.3 is 4.89 Å². The molecule has 1 saturated heterocycles. The van der Waals surface area contributed by atoms with Gasteiger partial charge >= 0.3 is 7.82 Å².